The van der Waals surface area contributed by atoms with Gasteiger partial charge in [-0.25, -0.2) is 0 Å². The lowest BCUT2D eigenvalue weighted by atomic mass is 10.1. The molecule has 0 atom stereocenters. The first kappa shape index (κ1) is 14.3. The number of esters is 1. The maximum Gasteiger partial charge on any atom is 0.310 e. The zero-order chi connectivity index (χ0) is 14.5. The summed E-state index contributed by atoms with van der Waals surface area (Å²) in [5.74, 6) is 0.336. The van der Waals surface area contributed by atoms with Gasteiger partial charge in [0, 0.05) is 10.4 Å². The molecule has 0 N–H and O–H groups in total. The van der Waals surface area contributed by atoms with Crippen molar-refractivity contribution in [3.63, 3.8) is 0 Å². The molecule has 0 saturated heterocycles. The molecule has 0 bridgehead atoms. The first-order valence-corrected chi connectivity index (χ1v) is 6.80. The van der Waals surface area contributed by atoms with Crippen molar-refractivity contribution in [2.45, 2.75) is 6.42 Å². The molecule has 0 radical (unpaired) electrons. The van der Waals surface area contributed by atoms with E-state index in [9.17, 15) is 9.59 Å². The number of ketones is 1. The van der Waals surface area contributed by atoms with Crippen molar-refractivity contribution >= 4 is 23.1 Å². The summed E-state index contributed by atoms with van der Waals surface area (Å²) < 4.78 is 9.66. The van der Waals surface area contributed by atoms with Gasteiger partial charge in [-0.2, -0.15) is 0 Å². The zero-order valence-electron chi connectivity index (χ0n) is 11.2. The Kier molecular flexibility index (Phi) is 4.53. The van der Waals surface area contributed by atoms with Gasteiger partial charge in [0.15, 0.2) is 0 Å². The van der Waals surface area contributed by atoms with Gasteiger partial charge in [-0.05, 0) is 36.4 Å². The van der Waals surface area contributed by atoms with Gasteiger partial charge in [0.1, 0.15) is 5.75 Å². The van der Waals surface area contributed by atoms with Gasteiger partial charge in [-0.1, -0.05) is 0 Å². The molecule has 1 heterocycles. The van der Waals surface area contributed by atoms with Crippen molar-refractivity contribution in [3.8, 4) is 5.75 Å². The van der Waals surface area contributed by atoms with Crippen LogP contribution in [-0.2, 0) is 16.0 Å². The minimum atomic E-state index is -0.310. The van der Waals surface area contributed by atoms with Crippen LogP contribution >= 0.6 is 11.3 Å². The van der Waals surface area contributed by atoms with Crippen LogP contribution in [0.2, 0.25) is 0 Å². The van der Waals surface area contributed by atoms with Crippen LogP contribution in [-0.4, -0.2) is 26.0 Å². The van der Waals surface area contributed by atoms with Gasteiger partial charge < -0.3 is 9.47 Å². The van der Waals surface area contributed by atoms with Crippen LogP contribution in [0, 0.1) is 0 Å². The predicted molar refractivity (Wildman–Crippen MR) is 76.5 cm³/mol. The Morgan fingerprint density at radius 1 is 1.05 bits per heavy atom. The quantitative estimate of drug-likeness (QED) is 0.627. The van der Waals surface area contributed by atoms with E-state index in [1.54, 1.807) is 43.5 Å². The molecule has 0 saturated carbocycles. The Bertz CT molecular complexity index is 613. The lowest BCUT2D eigenvalue weighted by Crippen LogP contribution is -2.02. The van der Waals surface area contributed by atoms with E-state index in [-0.39, 0.29) is 18.2 Å². The molecule has 0 spiro atoms. The third-order valence-electron chi connectivity index (χ3n) is 2.78. The summed E-state index contributed by atoms with van der Waals surface area (Å²) in [5.41, 5.74) is 0.595. The highest BCUT2D eigenvalue weighted by atomic mass is 32.1. The summed E-state index contributed by atoms with van der Waals surface area (Å²) in [6.07, 6.45) is 0.192. The summed E-state index contributed by atoms with van der Waals surface area (Å²) in [7, 11) is 2.93. The molecule has 0 aliphatic heterocycles. The van der Waals surface area contributed by atoms with E-state index in [0.717, 1.165) is 4.88 Å². The SMILES string of the molecule is COC(=O)Cc1ccc(C(=O)c2ccc(OC)cc2)s1. The fourth-order valence-corrected chi connectivity index (χ4v) is 2.65. The van der Waals surface area contributed by atoms with Crippen molar-refractivity contribution in [1.82, 2.24) is 0 Å². The second-order valence-corrected chi connectivity index (χ2v) is 5.24. The highest BCUT2D eigenvalue weighted by Crippen LogP contribution is 2.22. The minimum Gasteiger partial charge on any atom is -0.497 e. The molecule has 0 fully saturated rings. The second-order valence-electron chi connectivity index (χ2n) is 4.08. The van der Waals surface area contributed by atoms with Gasteiger partial charge in [0.25, 0.3) is 0 Å². The highest BCUT2D eigenvalue weighted by molar-refractivity contribution is 7.14. The van der Waals surface area contributed by atoms with E-state index in [2.05, 4.69) is 4.74 Å². The molecule has 1 aromatic heterocycles. The summed E-state index contributed by atoms with van der Waals surface area (Å²) >= 11 is 1.31. The van der Waals surface area contributed by atoms with Crippen LogP contribution in [0.15, 0.2) is 36.4 Å². The van der Waals surface area contributed by atoms with E-state index in [1.165, 1.54) is 18.4 Å². The number of hydrogen-bond donors (Lipinski definition) is 0. The smallest absolute Gasteiger partial charge is 0.310 e. The largest absolute Gasteiger partial charge is 0.497 e. The molecule has 0 aliphatic carbocycles. The van der Waals surface area contributed by atoms with Crippen molar-refractivity contribution < 1.29 is 19.1 Å². The Morgan fingerprint density at radius 2 is 1.75 bits per heavy atom. The third kappa shape index (κ3) is 3.24. The molecule has 20 heavy (non-hydrogen) atoms. The van der Waals surface area contributed by atoms with Crippen molar-refractivity contribution in [2.24, 2.45) is 0 Å². The van der Waals surface area contributed by atoms with Crippen LogP contribution in [0.25, 0.3) is 0 Å². The molecule has 104 valence electrons. The van der Waals surface area contributed by atoms with Gasteiger partial charge in [-0.15, -0.1) is 11.3 Å². The average molecular weight is 290 g/mol. The third-order valence-corrected chi connectivity index (χ3v) is 3.87. The van der Waals surface area contributed by atoms with E-state index < -0.39 is 0 Å². The molecule has 2 rings (SSSR count). The van der Waals surface area contributed by atoms with Crippen LogP contribution in [0.1, 0.15) is 20.1 Å². The van der Waals surface area contributed by atoms with Crippen LogP contribution in [0.4, 0.5) is 0 Å². The Morgan fingerprint density at radius 3 is 2.35 bits per heavy atom. The Hall–Kier alpha value is -2.14. The standard InChI is InChI=1S/C15H14O4S/c1-18-11-5-3-10(4-6-11)15(17)13-8-7-12(20-13)9-14(16)19-2/h3-8H,9H2,1-2H3. The zero-order valence-corrected chi connectivity index (χ0v) is 12.0. The van der Waals surface area contributed by atoms with Crippen molar-refractivity contribution in [3.05, 3.63) is 51.7 Å². The van der Waals surface area contributed by atoms with Crippen molar-refractivity contribution in [1.29, 1.82) is 0 Å². The number of rotatable bonds is 5. The number of benzene rings is 1. The summed E-state index contributed by atoms with van der Waals surface area (Å²) in [5, 5.41) is 0. The van der Waals surface area contributed by atoms with Gasteiger partial charge >= 0.3 is 5.97 Å². The number of carbonyl (C=O) groups excluding carboxylic acids is 2. The molecule has 1 aromatic carbocycles. The van der Waals surface area contributed by atoms with Gasteiger partial charge in [0.2, 0.25) is 5.78 Å². The molecule has 5 heteroatoms. The van der Waals surface area contributed by atoms with Gasteiger partial charge in [-0.3, -0.25) is 9.59 Å². The molecule has 0 amide bonds. The minimum absolute atomic E-state index is 0.0613. The van der Waals surface area contributed by atoms with E-state index in [0.29, 0.717) is 16.2 Å². The first-order chi connectivity index (χ1) is 9.63. The number of carbonyl (C=O) groups is 2. The number of methoxy groups -OCH3 is 2. The maximum absolute atomic E-state index is 12.3. The topological polar surface area (TPSA) is 52.6 Å². The summed E-state index contributed by atoms with van der Waals surface area (Å²) in [4.78, 5) is 24.9. The Labute approximate surface area is 121 Å². The summed E-state index contributed by atoms with van der Waals surface area (Å²) in [6.45, 7) is 0. The van der Waals surface area contributed by atoms with Crippen LogP contribution < -0.4 is 4.74 Å². The number of thiophene rings is 1. The molecule has 4 nitrogen and oxygen atoms in total. The lowest BCUT2D eigenvalue weighted by molar-refractivity contribution is -0.139. The normalized spacial score (nSPS) is 10.1. The van der Waals surface area contributed by atoms with Crippen molar-refractivity contribution in [2.75, 3.05) is 14.2 Å². The lowest BCUT2D eigenvalue weighted by Gasteiger charge is -2.01. The molecule has 2 aromatic rings. The fraction of sp³-hybridized carbons (Fsp3) is 0.200. The van der Waals surface area contributed by atoms with E-state index in [4.69, 9.17) is 4.74 Å². The average Bonchev–Trinajstić information content (AvgIpc) is 2.95. The maximum atomic E-state index is 12.3. The molecular weight excluding hydrogens is 276 g/mol. The Balaban J connectivity index is 2.14. The van der Waals surface area contributed by atoms with Crippen LogP contribution in [0.3, 0.4) is 0 Å². The van der Waals surface area contributed by atoms with Gasteiger partial charge in [0.05, 0.1) is 25.5 Å². The monoisotopic (exact) mass is 290 g/mol. The van der Waals surface area contributed by atoms with E-state index in [1.807, 2.05) is 0 Å². The van der Waals surface area contributed by atoms with E-state index >= 15 is 0 Å². The predicted octanol–water partition coefficient (Wildman–Crippen LogP) is 2.70. The summed E-state index contributed by atoms with van der Waals surface area (Å²) in [6, 6.07) is 10.4. The first-order valence-electron chi connectivity index (χ1n) is 5.98. The fourth-order valence-electron chi connectivity index (χ4n) is 1.69. The molecule has 0 aliphatic rings. The molecular formula is C15H14O4S. The van der Waals surface area contributed by atoms with Crippen LogP contribution in [0.5, 0.6) is 5.75 Å². The highest BCUT2D eigenvalue weighted by Gasteiger charge is 2.13. The number of hydrogen-bond acceptors (Lipinski definition) is 5. The number of ether oxygens (including phenoxy) is 2. The second kappa shape index (κ2) is 6.34. The molecule has 0 unspecified atom stereocenters.